The number of benzene rings is 1. The number of thioether (sulfide) groups is 1. The summed E-state index contributed by atoms with van der Waals surface area (Å²) in [5.41, 5.74) is 0. The van der Waals surface area contributed by atoms with Crippen molar-refractivity contribution < 1.29 is 0 Å². The highest BCUT2D eigenvalue weighted by atomic mass is 127. The van der Waals surface area contributed by atoms with E-state index in [1.165, 1.54) is 49.8 Å². The van der Waals surface area contributed by atoms with Gasteiger partial charge < -0.3 is 15.2 Å². The summed E-state index contributed by atoms with van der Waals surface area (Å²) in [6.45, 7) is 3.44. The number of hydrogen-bond donors (Lipinski definition) is 2. The van der Waals surface area contributed by atoms with Crippen molar-refractivity contribution >= 4 is 41.7 Å². The summed E-state index contributed by atoms with van der Waals surface area (Å²) < 4.78 is 2.30. The Balaban J connectivity index is 0.00000256. The summed E-state index contributed by atoms with van der Waals surface area (Å²) in [6, 6.07) is 11.2. The fraction of sp³-hybridized carbons (Fsp3) is 0.591. The maximum Gasteiger partial charge on any atom is 0.191 e. The Bertz CT molecular complexity index is 827. The standard InChI is InChI=1S/C22H32N6S.HI/c1-17-26-27-20(28(17)2)15-23-21(25-18-9-5-3-6-10-18)24-16-22(13-14-22)29-19-11-7-4-8-12-19;/h4,7-8,11-12,18H,3,5-6,9-10,13-16H2,1-2H3,(H2,23,24,25);1H. The molecule has 2 aliphatic rings. The molecule has 2 fully saturated rings. The van der Waals surface area contributed by atoms with E-state index in [1.54, 1.807) is 0 Å². The van der Waals surface area contributed by atoms with Gasteiger partial charge in [-0.25, -0.2) is 4.99 Å². The molecule has 30 heavy (non-hydrogen) atoms. The molecule has 2 N–H and O–H groups in total. The molecular weight excluding hydrogens is 507 g/mol. The second kappa shape index (κ2) is 10.8. The fourth-order valence-electron chi connectivity index (χ4n) is 3.77. The second-order valence-electron chi connectivity index (χ2n) is 8.32. The lowest BCUT2D eigenvalue weighted by atomic mass is 9.96. The third kappa shape index (κ3) is 6.35. The molecule has 1 aromatic carbocycles. The molecule has 164 valence electrons. The first kappa shape index (κ1) is 23.4. The SMILES string of the molecule is Cc1nnc(CN=C(NCC2(Sc3ccccc3)CC2)NC2CCCCC2)n1C.I. The first-order valence-electron chi connectivity index (χ1n) is 10.8. The molecule has 0 atom stereocenters. The highest BCUT2D eigenvalue weighted by molar-refractivity contribution is 14.0. The Morgan fingerprint density at radius 3 is 2.53 bits per heavy atom. The van der Waals surface area contributed by atoms with Gasteiger partial charge in [-0.1, -0.05) is 37.5 Å². The van der Waals surface area contributed by atoms with E-state index in [9.17, 15) is 0 Å². The molecule has 0 radical (unpaired) electrons. The predicted octanol–water partition coefficient (Wildman–Crippen LogP) is 4.43. The normalized spacial score (nSPS) is 18.5. The molecule has 6 nitrogen and oxygen atoms in total. The van der Waals surface area contributed by atoms with Gasteiger partial charge in [0.2, 0.25) is 0 Å². The summed E-state index contributed by atoms with van der Waals surface area (Å²) in [5.74, 6) is 2.73. The van der Waals surface area contributed by atoms with Gasteiger partial charge in [0.25, 0.3) is 0 Å². The Labute approximate surface area is 201 Å². The summed E-state index contributed by atoms with van der Waals surface area (Å²) >= 11 is 1.99. The van der Waals surface area contributed by atoms with Crippen LogP contribution in [0.15, 0.2) is 40.2 Å². The monoisotopic (exact) mass is 540 g/mol. The first-order chi connectivity index (χ1) is 14.1. The zero-order valence-electron chi connectivity index (χ0n) is 17.9. The number of halogens is 1. The van der Waals surface area contributed by atoms with Crippen molar-refractivity contribution in [3.05, 3.63) is 42.0 Å². The minimum atomic E-state index is 0. The summed E-state index contributed by atoms with van der Waals surface area (Å²) in [4.78, 5) is 6.21. The number of nitrogens with zero attached hydrogens (tertiary/aromatic N) is 4. The van der Waals surface area contributed by atoms with Crippen molar-refractivity contribution in [2.24, 2.45) is 12.0 Å². The summed E-state index contributed by atoms with van der Waals surface area (Å²) in [5, 5.41) is 15.7. The van der Waals surface area contributed by atoms with Crippen LogP contribution < -0.4 is 10.6 Å². The average Bonchev–Trinajstić information content (AvgIpc) is 3.44. The van der Waals surface area contributed by atoms with E-state index in [2.05, 4.69) is 51.2 Å². The van der Waals surface area contributed by atoms with Gasteiger partial charge in [-0.15, -0.1) is 45.9 Å². The van der Waals surface area contributed by atoms with Crippen molar-refractivity contribution in [2.75, 3.05) is 6.54 Å². The molecule has 2 aliphatic carbocycles. The number of aliphatic imine (C=N–C) groups is 1. The van der Waals surface area contributed by atoms with Gasteiger partial charge in [0, 0.05) is 29.3 Å². The van der Waals surface area contributed by atoms with E-state index in [0.717, 1.165) is 24.2 Å². The van der Waals surface area contributed by atoms with Crippen molar-refractivity contribution in [1.82, 2.24) is 25.4 Å². The smallest absolute Gasteiger partial charge is 0.191 e. The molecule has 0 saturated heterocycles. The number of hydrogen-bond acceptors (Lipinski definition) is 4. The van der Waals surface area contributed by atoms with E-state index in [4.69, 9.17) is 4.99 Å². The lowest BCUT2D eigenvalue weighted by Gasteiger charge is -2.26. The van der Waals surface area contributed by atoms with Crippen LogP contribution in [0.25, 0.3) is 0 Å². The van der Waals surface area contributed by atoms with E-state index >= 15 is 0 Å². The maximum absolute atomic E-state index is 4.86. The van der Waals surface area contributed by atoms with Crippen LogP contribution in [0.3, 0.4) is 0 Å². The van der Waals surface area contributed by atoms with Crippen LogP contribution in [0.5, 0.6) is 0 Å². The topological polar surface area (TPSA) is 67.1 Å². The highest BCUT2D eigenvalue weighted by Crippen LogP contribution is 2.51. The third-order valence-corrected chi connectivity index (χ3v) is 7.46. The average molecular weight is 541 g/mol. The van der Waals surface area contributed by atoms with E-state index in [-0.39, 0.29) is 28.7 Å². The molecule has 4 rings (SSSR count). The van der Waals surface area contributed by atoms with Gasteiger partial charge in [0.05, 0.1) is 0 Å². The lowest BCUT2D eigenvalue weighted by Crippen LogP contribution is -2.46. The van der Waals surface area contributed by atoms with E-state index < -0.39 is 0 Å². The van der Waals surface area contributed by atoms with Gasteiger partial charge >= 0.3 is 0 Å². The number of nitrogens with one attached hydrogen (secondary N) is 2. The summed E-state index contributed by atoms with van der Waals surface area (Å²) in [7, 11) is 2.00. The van der Waals surface area contributed by atoms with Gasteiger partial charge in [-0.3, -0.25) is 0 Å². The minimum absolute atomic E-state index is 0. The molecule has 1 heterocycles. The van der Waals surface area contributed by atoms with Crippen LogP contribution in [0, 0.1) is 6.92 Å². The highest BCUT2D eigenvalue weighted by Gasteiger charge is 2.43. The fourth-order valence-corrected chi connectivity index (χ4v) is 5.01. The molecule has 8 heteroatoms. The quantitative estimate of drug-likeness (QED) is 0.309. The van der Waals surface area contributed by atoms with Crippen molar-refractivity contribution in [3.8, 4) is 0 Å². The van der Waals surface area contributed by atoms with Crippen LogP contribution in [0.1, 0.15) is 56.6 Å². The Hall–Kier alpha value is -1.29. The molecule has 0 unspecified atom stereocenters. The largest absolute Gasteiger partial charge is 0.355 e. The first-order valence-corrected chi connectivity index (χ1v) is 11.6. The number of rotatable bonds is 7. The van der Waals surface area contributed by atoms with Crippen LogP contribution in [-0.2, 0) is 13.6 Å². The van der Waals surface area contributed by atoms with E-state index in [0.29, 0.717) is 12.6 Å². The predicted molar refractivity (Wildman–Crippen MR) is 135 cm³/mol. The van der Waals surface area contributed by atoms with Crippen LogP contribution in [0.4, 0.5) is 0 Å². The molecule has 0 bridgehead atoms. The molecule has 0 amide bonds. The maximum atomic E-state index is 4.86. The van der Waals surface area contributed by atoms with Gasteiger partial charge in [0.1, 0.15) is 12.4 Å². The molecule has 1 aromatic heterocycles. The molecular formula is C22H33IN6S. The number of guanidine groups is 1. The number of aromatic nitrogens is 3. The molecule has 0 spiro atoms. The second-order valence-corrected chi connectivity index (χ2v) is 9.86. The van der Waals surface area contributed by atoms with Gasteiger partial charge in [-0.05, 0) is 44.7 Å². The lowest BCUT2D eigenvalue weighted by molar-refractivity contribution is 0.409. The molecule has 2 aromatic rings. The van der Waals surface area contributed by atoms with Gasteiger partial charge in [-0.2, -0.15) is 0 Å². The van der Waals surface area contributed by atoms with Crippen LogP contribution in [0.2, 0.25) is 0 Å². The van der Waals surface area contributed by atoms with E-state index in [1.807, 2.05) is 30.3 Å². The summed E-state index contributed by atoms with van der Waals surface area (Å²) in [6.07, 6.45) is 8.93. The minimum Gasteiger partial charge on any atom is -0.355 e. The van der Waals surface area contributed by atoms with Crippen molar-refractivity contribution in [1.29, 1.82) is 0 Å². The Morgan fingerprint density at radius 2 is 1.90 bits per heavy atom. The molecule has 2 saturated carbocycles. The third-order valence-electron chi connectivity index (χ3n) is 5.97. The zero-order chi connectivity index (χ0) is 20.1. The van der Waals surface area contributed by atoms with Gasteiger partial charge in [0.15, 0.2) is 11.8 Å². The number of aryl methyl sites for hydroxylation is 1. The Kier molecular flexibility index (Phi) is 8.44. The van der Waals surface area contributed by atoms with Crippen molar-refractivity contribution in [2.45, 2.75) is 74.1 Å². The Morgan fingerprint density at radius 1 is 1.17 bits per heavy atom. The molecule has 0 aliphatic heterocycles. The van der Waals surface area contributed by atoms with Crippen molar-refractivity contribution in [3.63, 3.8) is 0 Å². The van der Waals surface area contributed by atoms with Crippen LogP contribution >= 0.6 is 35.7 Å². The van der Waals surface area contributed by atoms with Crippen LogP contribution in [-0.4, -0.2) is 38.1 Å². The zero-order valence-corrected chi connectivity index (χ0v) is 21.1.